The Morgan fingerprint density at radius 2 is 1.69 bits per heavy atom. The molecule has 1 saturated carbocycles. The monoisotopic (exact) mass is 542 g/mol. The maximum atomic E-state index is 5.87. The van der Waals surface area contributed by atoms with Gasteiger partial charge in [0.15, 0.2) is 0 Å². The SMILES string of the molecule is CCC(C)N.CCC1(c2cccc(OC)c2)CCCCC1.CCCN.NC1CCN(CC2=CCCC=C2)CC1. The smallest absolute Gasteiger partial charge is 0.119 e. The summed E-state index contributed by atoms with van der Waals surface area (Å²) in [5, 5.41) is 0. The van der Waals surface area contributed by atoms with Crippen LogP contribution in [0.15, 0.2) is 48.1 Å². The maximum absolute atomic E-state index is 5.87. The molecular formula is C34H62N4O. The Morgan fingerprint density at radius 3 is 2.18 bits per heavy atom. The zero-order valence-corrected chi connectivity index (χ0v) is 26.1. The van der Waals surface area contributed by atoms with E-state index >= 15 is 0 Å². The van der Waals surface area contributed by atoms with E-state index in [0.29, 0.717) is 17.5 Å². The first kappa shape index (κ1) is 35.4. The number of allylic oxidation sites excluding steroid dienone is 2. The Kier molecular flexibility index (Phi) is 19.2. The Labute approximate surface area is 241 Å². The van der Waals surface area contributed by atoms with Crippen LogP contribution in [0.4, 0.5) is 0 Å². The molecular weight excluding hydrogens is 480 g/mol. The summed E-state index contributed by atoms with van der Waals surface area (Å²) in [5.41, 5.74) is 19.6. The lowest BCUT2D eigenvalue weighted by molar-refractivity contribution is 0.230. The lowest BCUT2D eigenvalue weighted by Crippen LogP contribution is -2.40. The molecule has 2 fully saturated rings. The molecule has 1 atom stereocenters. The van der Waals surface area contributed by atoms with Gasteiger partial charge in [-0.1, -0.05) is 70.4 Å². The molecule has 5 heteroatoms. The average Bonchev–Trinajstić information content (AvgIpc) is 3.00. The van der Waals surface area contributed by atoms with Crippen molar-refractivity contribution in [3.63, 3.8) is 0 Å². The normalized spacial score (nSPS) is 19.6. The summed E-state index contributed by atoms with van der Waals surface area (Å²) in [5.74, 6) is 0.996. The van der Waals surface area contributed by atoms with Gasteiger partial charge in [-0.2, -0.15) is 0 Å². The molecule has 3 aliphatic rings. The number of hydrogen-bond acceptors (Lipinski definition) is 5. The Morgan fingerprint density at radius 1 is 1.05 bits per heavy atom. The number of piperidine rings is 1. The summed E-state index contributed by atoms with van der Waals surface area (Å²) in [6.45, 7) is 12.7. The van der Waals surface area contributed by atoms with Crippen LogP contribution in [0.5, 0.6) is 5.75 Å². The second-order valence-corrected chi connectivity index (χ2v) is 11.5. The maximum Gasteiger partial charge on any atom is 0.119 e. The van der Waals surface area contributed by atoms with Gasteiger partial charge in [0.2, 0.25) is 0 Å². The van der Waals surface area contributed by atoms with Crippen molar-refractivity contribution in [3.8, 4) is 5.75 Å². The van der Waals surface area contributed by atoms with E-state index in [0.717, 1.165) is 44.5 Å². The van der Waals surface area contributed by atoms with Crippen LogP contribution >= 0.6 is 0 Å². The topological polar surface area (TPSA) is 90.5 Å². The lowest BCUT2D eigenvalue weighted by Gasteiger charge is -2.37. The van der Waals surface area contributed by atoms with Gasteiger partial charge in [0, 0.05) is 18.6 Å². The quantitative estimate of drug-likeness (QED) is 0.342. The first-order valence-corrected chi connectivity index (χ1v) is 15.8. The minimum absolute atomic E-state index is 0.384. The number of methoxy groups -OCH3 is 1. The van der Waals surface area contributed by atoms with Crippen molar-refractivity contribution in [1.82, 2.24) is 4.90 Å². The van der Waals surface area contributed by atoms with Gasteiger partial charge in [0.05, 0.1) is 7.11 Å². The number of likely N-dealkylation sites (tertiary alicyclic amines) is 1. The third kappa shape index (κ3) is 14.5. The van der Waals surface area contributed by atoms with E-state index in [-0.39, 0.29) is 0 Å². The van der Waals surface area contributed by atoms with Crippen LogP contribution in [0.25, 0.3) is 0 Å². The standard InChI is InChI=1S/C15H22O.C12H20N2.C4H11N.C3H9N/c1-3-15(10-5-4-6-11-15)13-8-7-9-14(12-13)16-2;13-12-6-8-14(9-7-12)10-11-4-2-1-3-5-11;1-3-4(2)5;1-2-3-4/h7-9,12H,3-6,10-11H2,1-2H3;2,4-5,12H,1,3,6-10,13H2;4H,3,5H2,1-2H3;2-4H2,1H3. The highest BCUT2D eigenvalue weighted by molar-refractivity contribution is 5.34. The van der Waals surface area contributed by atoms with Crippen LogP contribution in [0, 0.1) is 0 Å². The van der Waals surface area contributed by atoms with E-state index in [1.807, 2.05) is 13.0 Å². The van der Waals surface area contributed by atoms with Crippen molar-refractivity contribution in [2.75, 3.05) is 33.3 Å². The van der Waals surface area contributed by atoms with Gasteiger partial charge in [-0.15, -0.1) is 0 Å². The van der Waals surface area contributed by atoms with E-state index in [1.165, 1.54) is 75.6 Å². The molecule has 6 N–H and O–H groups in total. The van der Waals surface area contributed by atoms with Gasteiger partial charge in [0.25, 0.3) is 0 Å². The van der Waals surface area contributed by atoms with Crippen molar-refractivity contribution in [1.29, 1.82) is 0 Å². The fraction of sp³-hybridized carbons (Fsp3) is 0.706. The van der Waals surface area contributed by atoms with Crippen molar-refractivity contribution >= 4 is 0 Å². The zero-order valence-electron chi connectivity index (χ0n) is 26.1. The van der Waals surface area contributed by atoms with Crippen molar-refractivity contribution in [2.45, 2.75) is 122 Å². The molecule has 1 heterocycles. The molecule has 1 aromatic rings. The second-order valence-electron chi connectivity index (χ2n) is 11.5. The number of rotatable bonds is 7. The van der Waals surface area contributed by atoms with Gasteiger partial charge in [0.1, 0.15) is 5.75 Å². The summed E-state index contributed by atoms with van der Waals surface area (Å²) in [6.07, 6.45) is 22.0. The average molecular weight is 543 g/mol. The summed E-state index contributed by atoms with van der Waals surface area (Å²) in [6, 6.07) is 9.50. The predicted octanol–water partition coefficient (Wildman–Crippen LogP) is 7.09. The fourth-order valence-corrected chi connectivity index (χ4v) is 5.18. The van der Waals surface area contributed by atoms with Gasteiger partial charge < -0.3 is 21.9 Å². The van der Waals surface area contributed by atoms with Crippen LogP contribution in [0.3, 0.4) is 0 Å². The molecule has 5 nitrogen and oxygen atoms in total. The lowest BCUT2D eigenvalue weighted by atomic mass is 9.68. The fourth-order valence-electron chi connectivity index (χ4n) is 5.18. The molecule has 4 rings (SSSR count). The van der Waals surface area contributed by atoms with Gasteiger partial charge in [-0.25, -0.2) is 0 Å². The second kappa shape index (κ2) is 21.1. The molecule has 0 radical (unpaired) electrons. The molecule has 1 aliphatic heterocycles. The van der Waals surface area contributed by atoms with Crippen molar-refractivity contribution < 1.29 is 4.74 Å². The molecule has 1 unspecified atom stereocenters. The van der Waals surface area contributed by atoms with E-state index in [2.05, 4.69) is 62.1 Å². The Balaban J connectivity index is 0.000000301. The number of nitrogens with two attached hydrogens (primary N) is 3. The molecule has 1 saturated heterocycles. The summed E-state index contributed by atoms with van der Waals surface area (Å²) >= 11 is 0. The highest BCUT2D eigenvalue weighted by Gasteiger charge is 2.32. The van der Waals surface area contributed by atoms with Crippen LogP contribution < -0.4 is 21.9 Å². The third-order valence-electron chi connectivity index (χ3n) is 8.21. The van der Waals surface area contributed by atoms with Crippen LogP contribution in [0.2, 0.25) is 0 Å². The summed E-state index contributed by atoms with van der Waals surface area (Å²) in [7, 11) is 1.75. The van der Waals surface area contributed by atoms with E-state index in [4.69, 9.17) is 21.9 Å². The van der Waals surface area contributed by atoms with Gasteiger partial charge in [-0.3, -0.25) is 4.90 Å². The molecule has 39 heavy (non-hydrogen) atoms. The predicted molar refractivity (Wildman–Crippen MR) is 171 cm³/mol. The van der Waals surface area contributed by atoms with Crippen molar-refractivity contribution in [3.05, 3.63) is 53.6 Å². The summed E-state index contributed by atoms with van der Waals surface area (Å²) < 4.78 is 5.34. The number of benzene rings is 1. The Hall–Kier alpha value is -1.66. The molecule has 0 aromatic heterocycles. The molecule has 224 valence electrons. The van der Waals surface area contributed by atoms with Crippen LogP contribution in [-0.2, 0) is 5.41 Å². The number of nitrogens with zero attached hydrogens (tertiary/aromatic N) is 1. The molecule has 2 aliphatic carbocycles. The minimum atomic E-state index is 0.384. The highest BCUT2D eigenvalue weighted by Crippen LogP contribution is 2.42. The first-order chi connectivity index (χ1) is 18.8. The van der Waals surface area contributed by atoms with Crippen molar-refractivity contribution in [2.24, 2.45) is 17.2 Å². The first-order valence-electron chi connectivity index (χ1n) is 15.8. The molecule has 0 bridgehead atoms. The molecule has 0 amide bonds. The third-order valence-corrected chi connectivity index (χ3v) is 8.21. The van der Waals surface area contributed by atoms with E-state index in [1.54, 1.807) is 7.11 Å². The molecule has 1 aromatic carbocycles. The van der Waals surface area contributed by atoms with Crippen LogP contribution in [-0.4, -0.2) is 50.3 Å². The minimum Gasteiger partial charge on any atom is -0.497 e. The number of hydrogen-bond donors (Lipinski definition) is 3. The number of ether oxygens (including phenoxy) is 1. The van der Waals surface area contributed by atoms with Crippen LogP contribution in [0.1, 0.15) is 110 Å². The summed E-state index contributed by atoms with van der Waals surface area (Å²) in [4.78, 5) is 2.52. The van der Waals surface area contributed by atoms with Gasteiger partial charge >= 0.3 is 0 Å². The Bertz CT molecular complexity index is 788. The zero-order chi connectivity index (χ0) is 28.9. The highest BCUT2D eigenvalue weighted by atomic mass is 16.5. The van der Waals surface area contributed by atoms with E-state index in [9.17, 15) is 0 Å². The molecule has 0 spiro atoms. The van der Waals surface area contributed by atoms with E-state index < -0.39 is 0 Å². The largest absolute Gasteiger partial charge is 0.497 e. The van der Waals surface area contributed by atoms with Gasteiger partial charge in [-0.05, 0) is 113 Å².